The standard InChI is InChI=1S/C11H7BrClFN2O3S/c12-6-1-8(5-15-4-6)20(18,19)16-10-3-7(14)2-9(13)11(10)17/h1-5,16-17H. The summed E-state index contributed by atoms with van der Waals surface area (Å²) in [4.78, 5) is 3.57. The van der Waals surface area contributed by atoms with Crippen LogP contribution in [0.2, 0.25) is 5.02 Å². The number of sulfonamides is 1. The molecular weight excluding hydrogens is 375 g/mol. The minimum atomic E-state index is -4.02. The predicted molar refractivity (Wildman–Crippen MR) is 75.8 cm³/mol. The van der Waals surface area contributed by atoms with Crippen LogP contribution in [0.5, 0.6) is 5.75 Å². The highest BCUT2D eigenvalue weighted by Crippen LogP contribution is 2.34. The average Bonchev–Trinajstić information content (AvgIpc) is 2.35. The van der Waals surface area contributed by atoms with Gasteiger partial charge in [0.05, 0.1) is 10.7 Å². The lowest BCUT2D eigenvalue weighted by atomic mass is 10.3. The average molecular weight is 382 g/mol. The maximum atomic E-state index is 13.2. The molecule has 0 aliphatic rings. The lowest BCUT2D eigenvalue weighted by molar-refractivity contribution is 0.476. The number of aromatic hydroxyl groups is 1. The fourth-order valence-electron chi connectivity index (χ4n) is 1.39. The Labute approximate surface area is 127 Å². The van der Waals surface area contributed by atoms with Gasteiger partial charge in [0.15, 0.2) is 5.75 Å². The fraction of sp³-hybridized carbons (Fsp3) is 0. The third kappa shape index (κ3) is 3.20. The zero-order valence-electron chi connectivity index (χ0n) is 9.64. The second-order valence-electron chi connectivity index (χ2n) is 3.73. The van der Waals surface area contributed by atoms with E-state index in [4.69, 9.17) is 11.6 Å². The third-order valence-electron chi connectivity index (χ3n) is 2.26. The van der Waals surface area contributed by atoms with Crippen LogP contribution in [0.25, 0.3) is 0 Å². The lowest BCUT2D eigenvalue weighted by Crippen LogP contribution is -2.13. The molecule has 0 fully saturated rings. The van der Waals surface area contributed by atoms with E-state index in [0.29, 0.717) is 4.47 Å². The molecule has 0 radical (unpaired) electrons. The van der Waals surface area contributed by atoms with Crippen molar-refractivity contribution < 1.29 is 17.9 Å². The molecule has 0 amide bonds. The van der Waals surface area contributed by atoms with Crippen molar-refractivity contribution in [3.63, 3.8) is 0 Å². The molecule has 5 nitrogen and oxygen atoms in total. The molecule has 1 aromatic carbocycles. The molecule has 20 heavy (non-hydrogen) atoms. The van der Waals surface area contributed by atoms with E-state index in [2.05, 4.69) is 20.9 Å². The summed E-state index contributed by atoms with van der Waals surface area (Å²) in [6.45, 7) is 0. The van der Waals surface area contributed by atoms with Gasteiger partial charge in [0.1, 0.15) is 10.7 Å². The minimum Gasteiger partial charge on any atom is -0.504 e. The van der Waals surface area contributed by atoms with Crippen molar-refractivity contribution in [3.8, 4) is 5.75 Å². The van der Waals surface area contributed by atoms with Crippen LogP contribution < -0.4 is 4.72 Å². The van der Waals surface area contributed by atoms with Crippen LogP contribution in [0.15, 0.2) is 40.0 Å². The van der Waals surface area contributed by atoms with Crippen LogP contribution in [0.4, 0.5) is 10.1 Å². The van der Waals surface area contributed by atoms with Gasteiger partial charge >= 0.3 is 0 Å². The Hall–Kier alpha value is -1.38. The number of halogens is 3. The van der Waals surface area contributed by atoms with Gasteiger partial charge in [-0.05, 0) is 28.1 Å². The summed E-state index contributed by atoms with van der Waals surface area (Å²) in [6, 6.07) is 3.01. The van der Waals surface area contributed by atoms with E-state index in [1.165, 1.54) is 12.3 Å². The highest BCUT2D eigenvalue weighted by Gasteiger charge is 2.19. The number of pyridine rings is 1. The summed E-state index contributed by atoms with van der Waals surface area (Å²) in [6.07, 6.45) is 2.53. The second-order valence-corrected chi connectivity index (χ2v) is 6.73. The Morgan fingerprint density at radius 3 is 2.65 bits per heavy atom. The molecular formula is C11H7BrClFN2O3S. The number of phenols is 1. The van der Waals surface area contributed by atoms with Gasteiger partial charge in [0.2, 0.25) is 0 Å². The van der Waals surface area contributed by atoms with Crippen molar-refractivity contribution in [2.75, 3.05) is 4.72 Å². The summed E-state index contributed by atoms with van der Waals surface area (Å²) in [5, 5.41) is 9.34. The first-order chi connectivity index (χ1) is 9.29. The molecule has 2 aromatic rings. The highest BCUT2D eigenvalue weighted by atomic mass is 79.9. The zero-order chi connectivity index (χ0) is 14.9. The van der Waals surface area contributed by atoms with Crippen molar-refractivity contribution in [1.82, 2.24) is 4.98 Å². The number of anilines is 1. The van der Waals surface area contributed by atoms with Crippen molar-refractivity contribution >= 4 is 43.2 Å². The molecule has 2 N–H and O–H groups in total. The van der Waals surface area contributed by atoms with Crippen molar-refractivity contribution in [2.24, 2.45) is 0 Å². The largest absolute Gasteiger partial charge is 0.504 e. The molecule has 0 atom stereocenters. The van der Waals surface area contributed by atoms with Gasteiger partial charge in [-0.3, -0.25) is 9.71 Å². The number of hydrogen-bond donors (Lipinski definition) is 2. The molecule has 0 aliphatic carbocycles. The second kappa shape index (κ2) is 5.55. The van der Waals surface area contributed by atoms with Crippen molar-refractivity contribution in [2.45, 2.75) is 4.90 Å². The van der Waals surface area contributed by atoms with Crippen LogP contribution >= 0.6 is 27.5 Å². The third-order valence-corrected chi connectivity index (χ3v) is 4.32. The van der Waals surface area contributed by atoms with Gasteiger partial charge in [-0.25, -0.2) is 12.8 Å². The van der Waals surface area contributed by atoms with E-state index in [-0.39, 0.29) is 15.6 Å². The molecule has 1 aromatic heterocycles. The van der Waals surface area contributed by atoms with Crippen LogP contribution in [-0.4, -0.2) is 18.5 Å². The molecule has 2 rings (SSSR count). The van der Waals surface area contributed by atoms with Gasteiger partial charge < -0.3 is 5.11 Å². The van der Waals surface area contributed by atoms with Crippen molar-refractivity contribution in [1.29, 1.82) is 0 Å². The molecule has 106 valence electrons. The summed E-state index contributed by atoms with van der Waals surface area (Å²) >= 11 is 8.67. The Balaban J connectivity index is 2.44. The molecule has 0 aliphatic heterocycles. The van der Waals surface area contributed by atoms with Crippen LogP contribution in [-0.2, 0) is 10.0 Å². The highest BCUT2D eigenvalue weighted by molar-refractivity contribution is 9.10. The first-order valence-corrected chi connectivity index (χ1v) is 7.76. The van der Waals surface area contributed by atoms with Crippen LogP contribution in [0.1, 0.15) is 0 Å². The summed E-state index contributed by atoms with van der Waals surface area (Å²) in [5.74, 6) is -1.34. The number of phenolic OH excluding ortho intramolecular Hbond substituents is 1. The Kier molecular flexibility index (Phi) is 4.17. The number of hydrogen-bond acceptors (Lipinski definition) is 4. The number of aromatic nitrogens is 1. The Morgan fingerprint density at radius 1 is 1.30 bits per heavy atom. The van der Waals surface area contributed by atoms with Gasteiger partial charge in [0, 0.05) is 22.9 Å². The van der Waals surface area contributed by atoms with Gasteiger partial charge in [-0.1, -0.05) is 11.6 Å². The first-order valence-electron chi connectivity index (χ1n) is 5.11. The Bertz CT molecular complexity index is 770. The summed E-state index contributed by atoms with van der Waals surface area (Å²) in [7, 11) is -4.02. The number of nitrogens with zero attached hydrogens (tertiary/aromatic N) is 1. The van der Waals surface area contributed by atoms with E-state index in [1.807, 2.05) is 4.72 Å². The smallest absolute Gasteiger partial charge is 0.263 e. The lowest BCUT2D eigenvalue weighted by Gasteiger charge is -2.10. The minimum absolute atomic E-state index is 0.147. The van der Waals surface area contributed by atoms with E-state index in [1.54, 1.807) is 0 Å². The normalized spacial score (nSPS) is 11.3. The van der Waals surface area contributed by atoms with E-state index < -0.39 is 21.6 Å². The van der Waals surface area contributed by atoms with Gasteiger partial charge in [-0.2, -0.15) is 0 Å². The number of benzene rings is 1. The molecule has 9 heteroatoms. The van der Waals surface area contributed by atoms with Crippen LogP contribution in [0.3, 0.4) is 0 Å². The maximum absolute atomic E-state index is 13.2. The number of rotatable bonds is 3. The summed E-state index contributed by atoms with van der Waals surface area (Å²) in [5.41, 5.74) is -0.352. The van der Waals surface area contributed by atoms with E-state index in [9.17, 15) is 17.9 Å². The molecule has 0 bridgehead atoms. The van der Waals surface area contributed by atoms with Crippen molar-refractivity contribution in [3.05, 3.63) is 45.9 Å². The van der Waals surface area contributed by atoms with E-state index in [0.717, 1.165) is 18.3 Å². The first kappa shape index (κ1) is 15.0. The Morgan fingerprint density at radius 2 is 2.00 bits per heavy atom. The predicted octanol–water partition coefficient (Wildman–Crippen LogP) is 3.14. The van der Waals surface area contributed by atoms with Crippen LogP contribution in [0, 0.1) is 5.82 Å². The van der Waals surface area contributed by atoms with E-state index >= 15 is 0 Å². The molecule has 0 saturated carbocycles. The quantitative estimate of drug-likeness (QED) is 0.801. The topological polar surface area (TPSA) is 79.3 Å². The summed E-state index contributed by atoms with van der Waals surface area (Å²) < 4.78 is 39.9. The SMILES string of the molecule is O=S(=O)(Nc1cc(F)cc(Cl)c1O)c1cncc(Br)c1. The van der Waals surface area contributed by atoms with Gasteiger partial charge in [-0.15, -0.1) is 0 Å². The zero-order valence-corrected chi connectivity index (χ0v) is 12.8. The maximum Gasteiger partial charge on any atom is 0.263 e. The fourth-order valence-corrected chi connectivity index (χ4v) is 3.15. The van der Waals surface area contributed by atoms with Gasteiger partial charge in [0.25, 0.3) is 10.0 Å². The molecule has 0 unspecified atom stereocenters. The molecule has 1 heterocycles. The monoisotopic (exact) mass is 380 g/mol. The molecule has 0 saturated heterocycles. The molecule has 0 spiro atoms. The number of nitrogens with one attached hydrogen (secondary N) is 1.